The maximum atomic E-state index is 14.2. The molecular weight excluding hydrogens is 289 g/mol. The SMILES string of the molecule is COc1cc(F)c(CN2C[C@H]3COC[C@@]3(CO)C2)cc1OC. The van der Waals surface area contributed by atoms with E-state index in [1.165, 1.54) is 20.3 Å². The third kappa shape index (κ3) is 2.55. The molecule has 1 N–H and O–H groups in total. The third-order valence-electron chi connectivity index (χ3n) is 4.85. The number of fused-ring (bicyclic) bond motifs is 1. The lowest BCUT2D eigenvalue weighted by molar-refractivity contribution is 0.0801. The molecule has 0 bridgehead atoms. The van der Waals surface area contributed by atoms with Crippen molar-refractivity contribution in [3.05, 3.63) is 23.5 Å². The number of ether oxygens (including phenoxy) is 3. The zero-order valence-electron chi connectivity index (χ0n) is 13.0. The predicted molar refractivity (Wildman–Crippen MR) is 78.6 cm³/mol. The average molecular weight is 311 g/mol. The highest BCUT2D eigenvalue weighted by molar-refractivity contribution is 5.43. The molecule has 0 amide bonds. The summed E-state index contributed by atoms with van der Waals surface area (Å²) in [5.41, 5.74) is 0.388. The van der Waals surface area contributed by atoms with Crippen LogP contribution in [-0.2, 0) is 11.3 Å². The molecule has 2 atom stereocenters. The van der Waals surface area contributed by atoms with Crippen LogP contribution in [0.25, 0.3) is 0 Å². The van der Waals surface area contributed by atoms with Gasteiger partial charge in [-0.2, -0.15) is 0 Å². The predicted octanol–water partition coefficient (Wildman–Crippen LogP) is 1.28. The van der Waals surface area contributed by atoms with Gasteiger partial charge in [-0.25, -0.2) is 4.39 Å². The van der Waals surface area contributed by atoms with Crippen LogP contribution < -0.4 is 9.47 Å². The lowest BCUT2D eigenvalue weighted by atomic mass is 9.82. The van der Waals surface area contributed by atoms with Gasteiger partial charge in [0.05, 0.1) is 34.0 Å². The number of nitrogens with zero attached hydrogens (tertiary/aromatic N) is 1. The van der Waals surface area contributed by atoms with E-state index in [4.69, 9.17) is 14.2 Å². The summed E-state index contributed by atoms with van der Waals surface area (Å²) >= 11 is 0. The summed E-state index contributed by atoms with van der Waals surface area (Å²) < 4.78 is 30.1. The first-order valence-corrected chi connectivity index (χ1v) is 7.43. The Balaban J connectivity index is 1.77. The van der Waals surface area contributed by atoms with E-state index in [9.17, 15) is 9.50 Å². The maximum Gasteiger partial charge on any atom is 0.163 e. The second kappa shape index (κ2) is 6.02. The zero-order chi connectivity index (χ0) is 15.7. The molecule has 22 heavy (non-hydrogen) atoms. The molecular formula is C16H22FNO4. The first kappa shape index (κ1) is 15.5. The van der Waals surface area contributed by atoms with Crippen LogP contribution in [-0.4, -0.2) is 57.1 Å². The minimum atomic E-state index is -0.302. The number of aliphatic hydroxyl groups is 1. The zero-order valence-corrected chi connectivity index (χ0v) is 13.0. The minimum Gasteiger partial charge on any atom is -0.493 e. The van der Waals surface area contributed by atoms with E-state index in [2.05, 4.69) is 4.90 Å². The molecule has 5 nitrogen and oxygen atoms in total. The summed E-state index contributed by atoms with van der Waals surface area (Å²) in [4.78, 5) is 2.17. The Hall–Kier alpha value is -1.37. The lowest BCUT2D eigenvalue weighted by Gasteiger charge is -2.24. The number of hydrogen-bond acceptors (Lipinski definition) is 5. The molecule has 6 heteroatoms. The third-order valence-corrected chi connectivity index (χ3v) is 4.85. The van der Waals surface area contributed by atoms with Gasteiger partial charge in [0.25, 0.3) is 0 Å². The van der Waals surface area contributed by atoms with Crippen molar-refractivity contribution in [1.82, 2.24) is 4.90 Å². The molecule has 1 aromatic carbocycles. The lowest BCUT2D eigenvalue weighted by Crippen LogP contribution is -2.34. The van der Waals surface area contributed by atoms with Gasteiger partial charge in [-0.3, -0.25) is 4.90 Å². The number of benzene rings is 1. The van der Waals surface area contributed by atoms with E-state index in [0.29, 0.717) is 42.7 Å². The van der Waals surface area contributed by atoms with Crippen molar-refractivity contribution in [3.8, 4) is 11.5 Å². The molecule has 0 saturated carbocycles. The normalized spacial score (nSPS) is 27.9. The van der Waals surface area contributed by atoms with Gasteiger partial charge < -0.3 is 19.3 Å². The molecule has 2 saturated heterocycles. The average Bonchev–Trinajstić information content (AvgIpc) is 3.05. The van der Waals surface area contributed by atoms with Crippen molar-refractivity contribution >= 4 is 0 Å². The molecule has 2 fully saturated rings. The molecule has 2 aliphatic heterocycles. The molecule has 122 valence electrons. The molecule has 0 aromatic heterocycles. The van der Waals surface area contributed by atoms with Crippen LogP contribution in [0.3, 0.4) is 0 Å². The molecule has 0 radical (unpaired) electrons. The fraction of sp³-hybridized carbons (Fsp3) is 0.625. The van der Waals surface area contributed by atoms with Crippen LogP contribution in [0.5, 0.6) is 11.5 Å². The molecule has 2 aliphatic rings. The highest BCUT2D eigenvalue weighted by Crippen LogP contribution is 2.41. The Labute approximate surface area is 129 Å². The highest BCUT2D eigenvalue weighted by atomic mass is 19.1. The number of rotatable bonds is 5. The smallest absolute Gasteiger partial charge is 0.163 e. The van der Waals surface area contributed by atoms with Crippen LogP contribution in [0, 0.1) is 17.2 Å². The first-order valence-electron chi connectivity index (χ1n) is 7.43. The van der Waals surface area contributed by atoms with E-state index in [1.54, 1.807) is 6.07 Å². The van der Waals surface area contributed by atoms with Gasteiger partial charge >= 0.3 is 0 Å². The second-order valence-electron chi connectivity index (χ2n) is 6.20. The molecule has 3 rings (SSSR count). The second-order valence-corrected chi connectivity index (χ2v) is 6.20. The van der Waals surface area contributed by atoms with E-state index >= 15 is 0 Å². The highest BCUT2D eigenvalue weighted by Gasteiger charge is 2.50. The number of hydrogen-bond donors (Lipinski definition) is 1. The van der Waals surface area contributed by atoms with Crippen molar-refractivity contribution in [2.24, 2.45) is 11.3 Å². The Morgan fingerprint density at radius 2 is 2.09 bits per heavy atom. The fourth-order valence-electron chi connectivity index (χ4n) is 3.55. The summed E-state index contributed by atoms with van der Waals surface area (Å²) in [6.45, 7) is 3.40. The van der Waals surface area contributed by atoms with Crippen molar-refractivity contribution < 1.29 is 23.7 Å². The summed E-state index contributed by atoms with van der Waals surface area (Å²) in [7, 11) is 3.03. The van der Waals surface area contributed by atoms with Gasteiger partial charge in [0.2, 0.25) is 0 Å². The van der Waals surface area contributed by atoms with Gasteiger partial charge in [0, 0.05) is 42.6 Å². The summed E-state index contributed by atoms with van der Waals surface area (Å²) in [6.07, 6.45) is 0. The van der Waals surface area contributed by atoms with Gasteiger partial charge in [-0.15, -0.1) is 0 Å². The maximum absolute atomic E-state index is 14.2. The van der Waals surface area contributed by atoms with E-state index in [1.807, 2.05) is 0 Å². The fourth-order valence-corrected chi connectivity index (χ4v) is 3.55. The molecule has 0 spiro atoms. The van der Waals surface area contributed by atoms with Crippen LogP contribution in [0.15, 0.2) is 12.1 Å². The molecule has 1 aromatic rings. The number of aliphatic hydroxyl groups excluding tert-OH is 1. The molecule has 0 unspecified atom stereocenters. The Morgan fingerprint density at radius 3 is 2.73 bits per heavy atom. The van der Waals surface area contributed by atoms with Gasteiger partial charge in [0.1, 0.15) is 5.82 Å². The van der Waals surface area contributed by atoms with E-state index in [0.717, 1.165) is 13.1 Å². The van der Waals surface area contributed by atoms with Crippen molar-refractivity contribution in [1.29, 1.82) is 0 Å². The summed E-state index contributed by atoms with van der Waals surface area (Å²) in [5.74, 6) is 0.936. The summed E-state index contributed by atoms with van der Waals surface area (Å²) in [5, 5.41) is 9.70. The Bertz CT molecular complexity index is 553. The number of halogens is 1. The Morgan fingerprint density at radius 1 is 1.36 bits per heavy atom. The van der Waals surface area contributed by atoms with Crippen LogP contribution in [0.2, 0.25) is 0 Å². The first-order chi connectivity index (χ1) is 10.6. The standard InChI is InChI=1S/C16H22FNO4/c1-20-14-3-11(13(17)4-15(14)21-2)5-18-6-12-7-22-10-16(12,8-18)9-19/h3-4,12,19H,5-10H2,1-2H3/t12-,16-/m0/s1. The van der Waals surface area contributed by atoms with Crippen LogP contribution in [0.1, 0.15) is 5.56 Å². The topological polar surface area (TPSA) is 51.2 Å². The molecule has 0 aliphatic carbocycles. The quantitative estimate of drug-likeness (QED) is 0.888. The number of likely N-dealkylation sites (tertiary alicyclic amines) is 1. The molecule has 2 heterocycles. The van der Waals surface area contributed by atoms with Crippen molar-refractivity contribution in [2.45, 2.75) is 6.54 Å². The van der Waals surface area contributed by atoms with Gasteiger partial charge in [0.15, 0.2) is 11.5 Å². The van der Waals surface area contributed by atoms with Crippen LogP contribution in [0.4, 0.5) is 4.39 Å². The van der Waals surface area contributed by atoms with Gasteiger partial charge in [-0.05, 0) is 6.07 Å². The van der Waals surface area contributed by atoms with E-state index in [-0.39, 0.29) is 17.8 Å². The Kier molecular flexibility index (Phi) is 4.25. The van der Waals surface area contributed by atoms with E-state index < -0.39 is 0 Å². The van der Waals surface area contributed by atoms with Crippen LogP contribution >= 0.6 is 0 Å². The number of methoxy groups -OCH3 is 2. The van der Waals surface area contributed by atoms with Gasteiger partial charge in [-0.1, -0.05) is 0 Å². The minimum absolute atomic E-state index is 0.114. The largest absolute Gasteiger partial charge is 0.493 e. The monoisotopic (exact) mass is 311 g/mol. The summed E-state index contributed by atoms with van der Waals surface area (Å²) in [6, 6.07) is 3.04. The van der Waals surface area contributed by atoms with Crippen molar-refractivity contribution in [3.63, 3.8) is 0 Å². The van der Waals surface area contributed by atoms with Crippen molar-refractivity contribution in [2.75, 3.05) is 47.1 Å².